The van der Waals surface area contributed by atoms with Crippen LogP contribution in [0.1, 0.15) is 62.5 Å². The molecule has 1 aromatic rings. The van der Waals surface area contributed by atoms with Crippen molar-refractivity contribution in [2.24, 2.45) is 11.7 Å². The molecule has 5 heteroatoms. The Morgan fingerprint density at radius 3 is 2.83 bits per heavy atom. The highest BCUT2D eigenvalue weighted by atomic mass is 16.3. The molecule has 5 N–H and O–H groups in total. The fourth-order valence-electron chi connectivity index (χ4n) is 6.70. The molecule has 4 atom stereocenters. The number of nitrogens with one attached hydrogen (secondary N) is 1. The Hall–Kier alpha value is -1.14. The molecule has 1 saturated heterocycles. The molecule has 1 aliphatic heterocycles. The van der Waals surface area contributed by atoms with Crippen LogP contribution in [0.2, 0.25) is 0 Å². The highest BCUT2D eigenvalue weighted by Crippen LogP contribution is 2.58. The molecule has 0 unspecified atom stereocenters. The third-order valence-corrected chi connectivity index (χ3v) is 8.39. The molecule has 0 radical (unpaired) electrons. The van der Waals surface area contributed by atoms with Gasteiger partial charge in [-0.25, -0.2) is 0 Å². The topological polar surface area (TPSA) is 81.8 Å². The van der Waals surface area contributed by atoms with E-state index in [1.54, 1.807) is 0 Å². The monoisotopic (exact) mass is 399 g/mol. The summed E-state index contributed by atoms with van der Waals surface area (Å²) in [7, 11) is 0. The summed E-state index contributed by atoms with van der Waals surface area (Å²) in [6.45, 7) is 3.97. The van der Waals surface area contributed by atoms with Gasteiger partial charge in [0, 0.05) is 24.0 Å². The van der Waals surface area contributed by atoms with Crippen molar-refractivity contribution in [2.75, 3.05) is 26.2 Å². The molecule has 1 aromatic carbocycles. The number of nitrogens with two attached hydrogens (primary N) is 1. The van der Waals surface area contributed by atoms with E-state index in [0.717, 1.165) is 77.0 Å². The predicted molar refractivity (Wildman–Crippen MR) is 115 cm³/mol. The molecule has 2 bridgehead atoms. The van der Waals surface area contributed by atoms with Crippen molar-refractivity contribution >= 4 is 0 Å². The average molecular weight is 400 g/mol. The van der Waals surface area contributed by atoms with E-state index in [2.05, 4.69) is 16.3 Å². The summed E-state index contributed by atoms with van der Waals surface area (Å²) in [5, 5.41) is 26.3. The van der Waals surface area contributed by atoms with Gasteiger partial charge in [-0.05, 0) is 107 Å². The SMILES string of the molecule is NCCCCN[C@@H]1CC[C@@]2(O)[C@H]3Cc4ccc(O)cc4[C@@]2(CCN3CC2CC2)C1. The molecular formula is C24H37N3O2. The molecule has 0 spiro atoms. The number of piperidine rings is 1. The minimum absolute atomic E-state index is 0.215. The summed E-state index contributed by atoms with van der Waals surface area (Å²) in [6.07, 6.45) is 9.63. The van der Waals surface area contributed by atoms with Crippen molar-refractivity contribution < 1.29 is 10.2 Å². The van der Waals surface area contributed by atoms with Crippen molar-refractivity contribution in [3.8, 4) is 5.75 Å². The molecule has 0 aromatic heterocycles. The Labute approximate surface area is 174 Å². The lowest BCUT2D eigenvalue weighted by Crippen LogP contribution is -2.74. The lowest BCUT2D eigenvalue weighted by molar-refractivity contribution is -0.170. The van der Waals surface area contributed by atoms with Gasteiger partial charge >= 0.3 is 0 Å². The van der Waals surface area contributed by atoms with E-state index >= 15 is 0 Å². The first-order valence-electron chi connectivity index (χ1n) is 11.8. The zero-order chi connectivity index (χ0) is 20.1. The summed E-state index contributed by atoms with van der Waals surface area (Å²) in [6, 6.07) is 6.54. The lowest BCUT2D eigenvalue weighted by atomic mass is 9.49. The lowest BCUT2D eigenvalue weighted by Gasteiger charge is -2.65. The van der Waals surface area contributed by atoms with Crippen LogP contribution in [0.5, 0.6) is 5.75 Å². The second kappa shape index (κ2) is 7.52. The summed E-state index contributed by atoms with van der Waals surface area (Å²) in [5.74, 6) is 1.17. The number of hydrogen-bond acceptors (Lipinski definition) is 5. The number of hydrogen-bond donors (Lipinski definition) is 4. The summed E-state index contributed by atoms with van der Waals surface area (Å²) >= 11 is 0. The number of likely N-dealkylation sites (tertiary alicyclic amines) is 1. The standard InChI is InChI=1S/C24H37N3O2/c25-10-1-2-11-26-19-7-8-24(29)22-13-18-5-6-20(28)14-21(18)23(24,15-19)9-12-27(22)16-17-3-4-17/h5-6,14,17,19,22,26,28-29H,1-4,7-13,15-16,25H2/t19-,22-,23-,24-/m1/s1. The number of benzene rings is 1. The highest BCUT2D eigenvalue weighted by Gasteiger charge is 2.64. The molecule has 1 heterocycles. The van der Waals surface area contributed by atoms with Gasteiger partial charge in [0.05, 0.1) is 5.60 Å². The summed E-state index contributed by atoms with van der Waals surface area (Å²) < 4.78 is 0. The van der Waals surface area contributed by atoms with Crippen LogP contribution in [0.4, 0.5) is 0 Å². The second-order valence-electron chi connectivity index (χ2n) is 10.1. The van der Waals surface area contributed by atoms with Crippen LogP contribution in [0.15, 0.2) is 18.2 Å². The van der Waals surface area contributed by atoms with Crippen LogP contribution >= 0.6 is 0 Å². The Kier molecular flexibility index (Phi) is 5.14. The normalized spacial score (nSPS) is 36.5. The Bertz CT molecular complexity index is 752. The second-order valence-corrected chi connectivity index (χ2v) is 10.1. The zero-order valence-corrected chi connectivity index (χ0v) is 17.6. The van der Waals surface area contributed by atoms with Crippen molar-refractivity contribution in [1.82, 2.24) is 10.2 Å². The number of unbranched alkanes of at least 4 members (excludes halogenated alkanes) is 1. The van der Waals surface area contributed by atoms with Crippen molar-refractivity contribution in [2.45, 2.75) is 80.9 Å². The number of phenolic OH excluding ortho intramolecular Hbond substituents is 1. The van der Waals surface area contributed by atoms with E-state index in [-0.39, 0.29) is 11.5 Å². The van der Waals surface area contributed by atoms with Crippen LogP contribution in [0.25, 0.3) is 0 Å². The van der Waals surface area contributed by atoms with Gasteiger partial charge in [-0.15, -0.1) is 0 Å². The molecule has 5 rings (SSSR count). The largest absolute Gasteiger partial charge is 0.508 e. The summed E-state index contributed by atoms with van der Waals surface area (Å²) in [4.78, 5) is 2.61. The van der Waals surface area contributed by atoms with Crippen molar-refractivity contribution in [3.63, 3.8) is 0 Å². The number of fused-ring (bicyclic) bond motifs is 1. The molecule has 160 valence electrons. The predicted octanol–water partition coefficient (Wildman–Crippen LogP) is 2.28. The van der Waals surface area contributed by atoms with Crippen LogP contribution in [-0.4, -0.2) is 59.0 Å². The van der Waals surface area contributed by atoms with Gasteiger partial charge in [0.25, 0.3) is 0 Å². The highest BCUT2D eigenvalue weighted by molar-refractivity contribution is 5.48. The average Bonchev–Trinajstić information content (AvgIpc) is 3.52. The van der Waals surface area contributed by atoms with Crippen LogP contribution < -0.4 is 11.1 Å². The molecule has 0 amide bonds. The van der Waals surface area contributed by atoms with Gasteiger partial charge in [0.15, 0.2) is 0 Å². The number of rotatable bonds is 7. The molecule has 29 heavy (non-hydrogen) atoms. The van der Waals surface area contributed by atoms with E-state index in [1.807, 2.05) is 12.1 Å². The molecular weight excluding hydrogens is 362 g/mol. The smallest absolute Gasteiger partial charge is 0.115 e. The van der Waals surface area contributed by atoms with Gasteiger partial charge < -0.3 is 21.3 Å². The first-order valence-corrected chi connectivity index (χ1v) is 11.8. The number of nitrogens with zero attached hydrogens (tertiary/aromatic N) is 1. The first-order chi connectivity index (χ1) is 14.1. The van der Waals surface area contributed by atoms with Crippen LogP contribution in [-0.2, 0) is 11.8 Å². The van der Waals surface area contributed by atoms with E-state index in [4.69, 9.17) is 5.73 Å². The molecule has 4 aliphatic rings. The van der Waals surface area contributed by atoms with E-state index in [9.17, 15) is 10.2 Å². The Morgan fingerprint density at radius 1 is 1.17 bits per heavy atom. The maximum Gasteiger partial charge on any atom is 0.115 e. The van der Waals surface area contributed by atoms with Crippen molar-refractivity contribution in [3.05, 3.63) is 29.3 Å². The molecule has 5 nitrogen and oxygen atoms in total. The molecule has 3 fully saturated rings. The third kappa shape index (κ3) is 3.31. The summed E-state index contributed by atoms with van der Waals surface area (Å²) in [5.41, 5.74) is 7.27. The van der Waals surface area contributed by atoms with Crippen LogP contribution in [0.3, 0.4) is 0 Å². The van der Waals surface area contributed by atoms with Crippen LogP contribution in [0, 0.1) is 5.92 Å². The van der Waals surface area contributed by atoms with Crippen molar-refractivity contribution in [1.29, 1.82) is 0 Å². The number of aromatic hydroxyl groups is 1. The van der Waals surface area contributed by atoms with Gasteiger partial charge in [0.2, 0.25) is 0 Å². The Morgan fingerprint density at radius 2 is 2.03 bits per heavy atom. The van der Waals surface area contributed by atoms with Gasteiger partial charge in [-0.3, -0.25) is 4.90 Å². The fourth-order valence-corrected chi connectivity index (χ4v) is 6.70. The maximum absolute atomic E-state index is 12.3. The third-order valence-electron chi connectivity index (χ3n) is 8.39. The van der Waals surface area contributed by atoms with Gasteiger partial charge in [-0.1, -0.05) is 6.07 Å². The fraction of sp³-hybridized carbons (Fsp3) is 0.750. The quantitative estimate of drug-likeness (QED) is 0.529. The van der Waals surface area contributed by atoms with E-state index < -0.39 is 5.60 Å². The van der Waals surface area contributed by atoms with Gasteiger partial charge in [0.1, 0.15) is 5.75 Å². The minimum atomic E-state index is -0.684. The maximum atomic E-state index is 12.3. The van der Waals surface area contributed by atoms with E-state index in [0.29, 0.717) is 11.8 Å². The minimum Gasteiger partial charge on any atom is -0.508 e. The van der Waals surface area contributed by atoms with Gasteiger partial charge in [-0.2, -0.15) is 0 Å². The van der Waals surface area contributed by atoms with E-state index in [1.165, 1.54) is 24.0 Å². The zero-order valence-electron chi connectivity index (χ0n) is 17.6. The number of aliphatic hydroxyl groups is 1. The molecule has 2 saturated carbocycles. The Balaban J connectivity index is 1.46. The first kappa shape index (κ1) is 19.8. The molecule has 3 aliphatic carbocycles. The number of phenols is 1.